The maximum Gasteiger partial charge on any atom is 0.312 e. The lowest BCUT2D eigenvalue weighted by atomic mass is 9.62. The number of amides is 2. The fourth-order valence-corrected chi connectivity index (χ4v) is 7.19. The van der Waals surface area contributed by atoms with Crippen LogP contribution in [-0.2, 0) is 23.9 Å². The van der Waals surface area contributed by atoms with Crippen LogP contribution in [0.15, 0.2) is 49.6 Å². The molecule has 3 heterocycles. The van der Waals surface area contributed by atoms with Crippen LogP contribution < -0.4 is 4.90 Å². The third kappa shape index (κ3) is 5.71. The predicted octanol–water partition coefficient (Wildman–Crippen LogP) is 4.93. The van der Waals surface area contributed by atoms with Crippen LogP contribution in [-0.4, -0.2) is 71.3 Å². The molecule has 3 aliphatic rings. The van der Waals surface area contributed by atoms with E-state index < -0.39 is 35.0 Å². The normalized spacial score (nSPS) is 29.9. The summed E-state index contributed by atoms with van der Waals surface area (Å²) in [7, 11) is 0. The third-order valence-corrected chi connectivity index (χ3v) is 9.37. The van der Waals surface area contributed by atoms with Crippen LogP contribution in [0.2, 0.25) is 5.02 Å². The molecule has 2 amide bonds. The number of rotatable bonds is 15. The number of carbonyl (C=O) groups excluding carboxylic acids is 3. The van der Waals surface area contributed by atoms with Gasteiger partial charge in [0.05, 0.1) is 18.1 Å². The predicted molar refractivity (Wildman–Crippen MR) is 158 cm³/mol. The molecule has 0 aromatic heterocycles. The number of benzene rings is 1. The average Bonchev–Trinajstić information content (AvgIpc) is 3.46. The Morgan fingerprint density at radius 3 is 2.56 bits per heavy atom. The molecule has 3 unspecified atom stereocenters. The molecule has 1 aromatic carbocycles. The Morgan fingerprint density at radius 2 is 1.90 bits per heavy atom. The summed E-state index contributed by atoms with van der Waals surface area (Å²) in [5, 5.41) is 9.83. The summed E-state index contributed by atoms with van der Waals surface area (Å²) in [6.45, 7) is 12.4. The molecule has 0 radical (unpaired) electrons. The smallest absolute Gasteiger partial charge is 0.312 e. The van der Waals surface area contributed by atoms with Crippen molar-refractivity contribution in [1.82, 2.24) is 4.90 Å². The van der Waals surface area contributed by atoms with E-state index in [1.165, 1.54) is 0 Å². The summed E-state index contributed by atoms with van der Waals surface area (Å²) in [5.74, 6) is -2.65. The van der Waals surface area contributed by atoms with E-state index in [0.29, 0.717) is 49.4 Å². The summed E-state index contributed by atoms with van der Waals surface area (Å²) in [6.07, 6.45) is 8.30. The van der Waals surface area contributed by atoms with Crippen molar-refractivity contribution in [2.45, 2.75) is 76.0 Å². The number of likely N-dealkylation sites (tertiary alicyclic amines) is 1. The van der Waals surface area contributed by atoms with Gasteiger partial charge in [0.25, 0.3) is 5.91 Å². The number of hydrogen-bond donors (Lipinski definition) is 1. The first-order valence-electron chi connectivity index (χ1n) is 14.7. The van der Waals surface area contributed by atoms with Crippen molar-refractivity contribution < 1.29 is 29.0 Å². The number of unbranched alkanes of at least 4 members (excludes halogenated alkanes) is 4. The number of nitrogens with zero attached hydrogens (tertiary/aromatic N) is 2. The van der Waals surface area contributed by atoms with Crippen LogP contribution in [0.4, 0.5) is 5.69 Å². The number of aliphatic hydroxyl groups is 1. The van der Waals surface area contributed by atoms with E-state index in [0.717, 1.165) is 12.8 Å². The van der Waals surface area contributed by atoms with Gasteiger partial charge in [-0.15, -0.1) is 13.2 Å². The highest BCUT2D eigenvalue weighted by atomic mass is 35.5. The van der Waals surface area contributed by atoms with E-state index in [-0.39, 0.29) is 37.5 Å². The van der Waals surface area contributed by atoms with Gasteiger partial charge in [0.1, 0.15) is 17.6 Å². The van der Waals surface area contributed by atoms with Crippen molar-refractivity contribution in [2.75, 3.05) is 31.2 Å². The molecular weight excluding hydrogens is 544 g/mol. The Morgan fingerprint density at radius 1 is 1.17 bits per heavy atom. The monoisotopic (exact) mass is 586 g/mol. The molecule has 1 spiro atoms. The van der Waals surface area contributed by atoms with Crippen molar-refractivity contribution in [1.29, 1.82) is 0 Å². The first-order valence-corrected chi connectivity index (χ1v) is 15.1. The van der Waals surface area contributed by atoms with E-state index in [1.54, 1.807) is 40.1 Å². The Labute approximate surface area is 248 Å². The fraction of sp³-hybridized carbons (Fsp3) is 0.594. The van der Waals surface area contributed by atoms with Gasteiger partial charge in [0.2, 0.25) is 5.91 Å². The van der Waals surface area contributed by atoms with Gasteiger partial charge in [-0.3, -0.25) is 14.4 Å². The molecule has 8 nitrogen and oxygen atoms in total. The van der Waals surface area contributed by atoms with E-state index in [1.807, 2.05) is 19.9 Å². The van der Waals surface area contributed by atoms with Crippen LogP contribution in [0.3, 0.4) is 0 Å². The largest absolute Gasteiger partial charge is 0.465 e. The number of allylic oxidation sites excluding steroid dienone is 1. The number of halogens is 1. The SMILES string of the molecule is C=CCCCCOC(=O)[C@@H]1[C@H]2C(=O)N(CCCCCO)C(C(=O)N(CC=C)c3ccc(Cl)cc3)C23CC(C)[C@@]1(C)O3. The minimum absolute atomic E-state index is 0.0617. The molecule has 3 saturated heterocycles. The number of esters is 1. The highest BCUT2D eigenvalue weighted by molar-refractivity contribution is 6.30. The summed E-state index contributed by atoms with van der Waals surface area (Å²) >= 11 is 6.12. The molecule has 0 aliphatic carbocycles. The summed E-state index contributed by atoms with van der Waals surface area (Å²) in [4.78, 5) is 45.7. The Bertz CT molecular complexity index is 1140. The van der Waals surface area contributed by atoms with E-state index >= 15 is 0 Å². The van der Waals surface area contributed by atoms with Crippen LogP contribution in [0.5, 0.6) is 0 Å². The third-order valence-electron chi connectivity index (χ3n) is 9.12. The molecule has 3 aliphatic heterocycles. The first-order chi connectivity index (χ1) is 19.7. The lowest BCUT2D eigenvalue weighted by Gasteiger charge is -2.37. The van der Waals surface area contributed by atoms with Crippen LogP contribution >= 0.6 is 11.6 Å². The molecule has 0 saturated carbocycles. The van der Waals surface area contributed by atoms with Gasteiger partial charge in [-0.1, -0.05) is 30.7 Å². The molecule has 1 aromatic rings. The molecule has 41 heavy (non-hydrogen) atoms. The molecule has 4 rings (SSSR count). The standard InChI is InChI=1S/C32H43ClN2O6/c1-5-7-8-12-20-40-30(39)26-25-28(37)35(18-10-9-11-19-36)27(32(25)21-22(3)31(26,4)41-32)29(38)34(17-6-2)24-15-13-23(33)14-16-24/h5-6,13-16,22,25-27,36H,1-2,7-12,17-21H2,3-4H3/t22?,25-,26-,27?,31+,32?/m0/s1. The first kappa shape index (κ1) is 31.3. The van der Waals surface area contributed by atoms with Crippen molar-refractivity contribution in [3.05, 3.63) is 54.6 Å². The van der Waals surface area contributed by atoms with Crippen LogP contribution in [0, 0.1) is 17.8 Å². The van der Waals surface area contributed by atoms with Crippen molar-refractivity contribution in [2.24, 2.45) is 17.8 Å². The Balaban J connectivity index is 1.71. The zero-order chi connectivity index (χ0) is 29.8. The molecule has 3 fully saturated rings. The lowest BCUT2D eigenvalue weighted by molar-refractivity contribution is -0.161. The maximum absolute atomic E-state index is 14.6. The minimum atomic E-state index is -1.16. The summed E-state index contributed by atoms with van der Waals surface area (Å²) in [6, 6.07) is 6.06. The fourth-order valence-electron chi connectivity index (χ4n) is 7.06. The topological polar surface area (TPSA) is 96.4 Å². The van der Waals surface area contributed by atoms with Gasteiger partial charge < -0.3 is 24.4 Å². The minimum Gasteiger partial charge on any atom is -0.465 e. The summed E-state index contributed by atoms with van der Waals surface area (Å²) < 4.78 is 12.5. The lowest BCUT2D eigenvalue weighted by Crippen LogP contribution is -2.57. The van der Waals surface area contributed by atoms with Gasteiger partial charge in [-0.25, -0.2) is 0 Å². The van der Waals surface area contributed by atoms with Gasteiger partial charge >= 0.3 is 5.97 Å². The summed E-state index contributed by atoms with van der Waals surface area (Å²) in [5.41, 5.74) is -1.45. The second-order valence-corrected chi connectivity index (χ2v) is 12.1. The molecule has 2 bridgehead atoms. The number of ether oxygens (including phenoxy) is 2. The van der Waals surface area contributed by atoms with Gasteiger partial charge in [-0.05, 0) is 82.1 Å². The van der Waals surface area contributed by atoms with Crippen LogP contribution in [0.1, 0.15) is 58.8 Å². The average molecular weight is 587 g/mol. The quantitative estimate of drug-likeness (QED) is 0.178. The number of hydrogen-bond acceptors (Lipinski definition) is 6. The second-order valence-electron chi connectivity index (χ2n) is 11.7. The Hall–Kier alpha value is -2.68. The van der Waals surface area contributed by atoms with E-state index in [2.05, 4.69) is 13.2 Å². The second kappa shape index (κ2) is 13.1. The zero-order valence-corrected chi connectivity index (χ0v) is 25.0. The molecule has 224 valence electrons. The van der Waals surface area contributed by atoms with Crippen molar-refractivity contribution in [3.8, 4) is 0 Å². The molecule has 9 heteroatoms. The molecule has 1 N–H and O–H groups in total. The van der Waals surface area contributed by atoms with E-state index in [9.17, 15) is 19.5 Å². The van der Waals surface area contributed by atoms with Crippen LogP contribution in [0.25, 0.3) is 0 Å². The van der Waals surface area contributed by atoms with Crippen molar-refractivity contribution in [3.63, 3.8) is 0 Å². The van der Waals surface area contributed by atoms with Gasteiger partial charge in [0.15, 0.2) is 0 Å². The van der Waals surface area contributed by atoms with E-state index in [4.69, 9.17) is 21.1 Å². The zero-order valence-electron chi connectivity index (χ0n) is 24.2. The highest BCUT2D eigenvalue weighted by Crippen LogP contribution is 2.65. The van der Waals surface area contributed by atoms with Gasteiger partial charge in [0, 0.05) is 30.4 Å². The number of fused-ring (bicyclic) bond motifs is 1. The number of aliphatic hydroxyl groups excluding tert-OH is 1. The number of carbonyl (C=O) groups is 3. The maximum atomic E-state index is 14.6. The van der Waals surface area contributed by atoms with Gasteiger partial charge in [-0.2, -0.15) is 0 Å². The number of anilines is 1. The molecule has 6 atom stereocenters. The Kier molecular flexibility index (Phi) is 9.98. The highest BCUT2D eigenvalue weighted by Gasteiger charge is 2.80. The van der Waals surface area contributed by atoms with Crippen molar-refractivity contribution >= 4 is 35.1 Å². The molecular formula is C32H43ClN2O6.